The summed E-state index contributed by atoms with van der Waals surface area (Å²) < 4.78 is 0. The van der Waals surface area contributed by atoms with Crippen LogP contribution in [-0.2, 0) is 0 Å². The summed E-state index contributed by atoms with van der Waals surface area (Å²) in [5.74, 6) is 0. The van der Waals surface area contributed by atoms with E-state index in [1.54, 1.807) is 0 Å². The predicted molar refractivity (Wildman–Crippen MR) is 164 cm³/mol. The average molecular weight is 511 g/mol. The van der Waals surface area contributed by atoms with Crippen molar-refractivity contribution in [3.05, 3.63) is 0 Å². The number of rotatable bonds is 6. The molecule has 0 heterocycles. The Labute approximate surface area is 196 Å². The van der Waals surface area contributed by atoms with Gasteiger partial charge in [-0.05, 0) is 0 Å². The van der Waals surface area contributed by atoms with E-state index in [0.717, 1.165) is 0 Å². The molecule has 0 aliphatic heterocycles. The molecule has 30 heavy (non-hydrogen) atoms. The monoisotopic (exact) mass is 510 g/mol. The molecule has 1 aromatic rings. The van der Waals surface area contributed by atoms with Gasteiger partial charge in [0.2, 0.25) is 0 Å². The first-order chi connectivity index (χ1) is 12.7. The lowest BCUT2D eigenvalue weighted by Gasteiger charge is -2.47. The Morgan fingerprint density at radius 1 is 0.200 bits per heavy atom. The molecule has 0 atom stereocenters. The average Bonchev–Trinajstić information content (AvgIpc) is 2.37. The summed E-state index contributed by atoms with van der Waals surface area (Å²) in [6.07, 6.45) is 0. The van der Waals surface area contributed by atoms with Gasteiger partial charge in [-0.2, -0.15) is 0 Å². The maximum absolute atomic E-state index is 2.64. The van der Waals surface area contributed by atoms with Gasteiger partial charge in [0.25, 0.3) is 0 Å². The minimum absolute atomic E-state index is 1.52. The van der Waals surface area contributed by atoms with Gasteiger partial charge in [-0.3, -0.25) is 0 Å². The zero-order valence-electron chi connectivity index (χ0n) is 24.0. The number of hydrogen-bond acceptors (Lipinski definition) is 0. The Hall–Kier alpha value is 0.521. The molecule has 0 unspecified atom stereocenters. The molecule has 0 fully saturated rings. The molecule has 0 N–H and O–H groups in total. The third kappa shape index (κ3) is 5.90. The van der Waals surface area contributed by atoms with E-state index in [0.29, 0.717) is 0 Å². The summed E-state index contributed by atoms with van der Waals surface area (Å²) in [6, 6.07) is 0. The van der Waals surface area contributed by atoms with E-state index in [-0.39, 0.29) is 0 Å². The highest BCUT2D eigenvalue weighted by molar-refractivity contribution is 7.14. The van der Waals surface area contributed by atoms with Gasteiger partial charge in [0.05, 0.1) is 48.4 Å². The third-order valence-corrected chi connectivity index (χ3v) is 19.5. The molecule has 174 valence electrons. The largest absolute Gasteiger partial charge is 0.0772 e. The number of hydrogen-bond donors (Lipinski definition) is 0. The molecule has 0 saturated carbocycles. The Morgan fingerprint density at radius 3 is 0.300 bits per heavy atom. The van der Waals surface area contributed by atoms with Gasteiger partial charge in [-0.25, -0.2) is 0 Å². The third-order valence-electron chi connectivity index (χ3n) is 6.00. The summed E-state index contributed by atoms with van der Waals surface area (Å²) in [6.45, 7) is 47.6. The van der Waals surface area contributed by atoms with Gasteiger partial charge in [0, 0.05) is 0 Å². The van der Waals surface area contributed by atoms with Crippen molar-refractivity contribution in [2.24, 2.45) is 0 Å². The van der Waals surface area contributed by atoms with E-state index in [1.807, 2.05) is 31.1 Å². The second-order valence-corrected chi connectivity index (χ2v) is 45.8. The van der Waals surface area contributed by atoms with Gasteiger partial charge in [-0.15, -0.1) is 0 Å². The van der Waals surface area contributed by atoms with Crippen molar-refractivity contribution in [1.29, 1.82) is 0 Å². The Bertz CT molecular complexity index is 597. The molecule has 1 rings (SSSR count). The Kier molecular flexibility index (Phi) is 7.69. The summed E-state index contributed by atoms with van der Waals surface area (Å²) in [5, 5.41) is 11.7. The fraction of sp³-hybridized carbons (Fsp3) is 0.750. The van der Waals surface area contributed by atoms with Crippen molar-refractivity contribution in [2.45, 2.75) is 118 Å². The lowest BCUT2D eigenvalue weighted by molar-refractivity contribution is 1.63. The van der Waals surface area contributed by atoms with E-state index < -0.39 is 48.4 Å². The topological polar surface area (TPSA) is 0 Å². The smallest absolute Gasteiger partial charge is 0.0656 e. The Morgan fingerprint density at radius 2 is 0.267 bits per heavy atom. The molecule has 0 aliphatic rings. The molecule has 0 bridgehead atoms. The van der Waals surface area contributed by atoms with E-state index in [1.165, 1.54) is 0 Å². The van der Waals surface area contributed by atoms with Crippen molar-refractivity contribution >= 4 is 79.6 Å². The molecule has 0 spiro atoms. The maximum atomic E-state index is 2.64. The molecular weight excluding hydrogens is 457 g/mol. The predicted octanol–water partition coefficient (Wildman–Crippen LogP) is 4.96. The highest BCUT2D eigenvalue weighted by Crippen LogP contribution is 2.16. The zero-order chi connectivity index (χ0) is 24.5. The molecule has 0 amide bonds. The second-order valence-electron chi connectivity index (χ2n) is 15.8. The number of benzene rings is 1. The fourth-order valence-corrected chi connectivity index (χ4v) is 30.0. The van der Waals surface area contributed by atoms with Crippen LogP contribution in [0.2, 0.25) is 118 Å². The van der Waals surface area contributed by atoms with Crippen LogP contribution in [-0.4, -0.2) is 48.4 Å². The minimum Gasteiger partial charge on any atom is -0.0656 e. The van der Waals surface area contributed by atoms with Gasteiger partial charge >= 0.3 is 0 Å². The normalized spacial score (nSPS) is 15.0. The van der Waals surface area contributed by atoms with E-state index in [4.69, 9.17) is 0 Å². The van der Waals surface area contributed by atoms with Crippen LogP contribution in [0.4, 0.5) is 0 Å². The van der Waals surface area contributed by atoms with Crippen LogP contribution >= 0.6 is 0 Å². The van der Waals surface area contributed by atoms with Crippen LogP contribution in [0, 0.1) is 0 Å². The molecule has 0 aliphatic carbocycles. The van der Waals surface area contributed by atoms with Crippen molar-refractivity contribution in [1.82, 2.24) is 0 Å². The first-order valence-electron chi connectivity index (χ1n) is 12.0. The first-order valence-corrected chi connectivity index (χ1v) is 33.0. The van der Waals surface area contributed by atoms with Crippen LogP contribution in [0.5, 0.6) is 0 Å². The van der Waals surface area contributed by atoms with Crippen LogP contribution in [0.3, 0.4) is 0 Å². The Balaban J connectivity index is 4.87. The molecule has 1 aromatic carbocycles. The van der Waals surface area contributed by atoms with Gasteiger partial charge in [-0.1, -0.05) is 149 Å². The van der Waals surface area contributed by atoms with Crippen molar-refractivity contribution in [2.75, 3.05) is 0 Å². The van der Waals surface area contributed by atoms with Crippen LogP contribution in [0.1, 0.15) is 0 Å². The minimum atomic E-state index is -1.52. The summed E-state index contributed by atoms with van der Waals surface area (Å²) in [4.78, 5) is 0. The second kappa shape index (κ2) is 8.08. The quantitative estimate of drug-likeness (QED) is 0.474. The molecule has 0 saturated heterocycles. The lowest BCUT2D eigenvalue weighted by Crippen LogP contribution is -2.85. The van der Waals surface area contributed by atoms with Gasteiger partial charge in [0.1, 0.15) is 0 Å². The molecular formula is C24H54Si6. The summed E-state index contributed by atoms with van der Waals surface area (Å²) in [7, 11) is -9.09. The first kappa shape index (κ1) is 28.6. The molecule has 0 radical (unpaired) electrons. The highest BCUT2D eigenvalue weighted by atomic mass is 28.3. The van der Waals surface area contributed by atoms with Crippen LogP contribution < -0.4 is 31.1 Å². The van der Waals surface area contributed by atoms with Crippen molar-refractivity contribution in [3.8, 4) is 0 Å². The molecule has 0 nitrogen and oxygen atoms in total. The fourth-order valence-electron chi connectivity index (χ4n) is 5.25. The van der Waals surface area contributed by atoms with E-state index in [9.17, 15) is 0 Å². The van der Waals surface area contributed by atoms with Crippen molar-refractivity contribution < 1.29 is 0 Å². The van der Waals surface area contributed by atoms with Gasteiger partial charge in [0.15, 0.2) is 0 Å². The molecule has 0 aromatic heterocycles. The zero-order valence-corrected chi connectivity index (χ0v) is 30.0. The van der Waals surface area contributed by atoms with E-state index in [2.05, 4.69) is 118 Å². The van der Waals surface area contributed by atoms with E-state index >= 15 is 0 Å². The standard InChI is InChI=1S/C24H54Si6/c1-25(2,3)19-20(26(4,5)6)22(28(10,11)12)24(30(16,17)18)23(29(13,14)15)21(19)27(7,8)9/h1-18H3. The van der Waals surface area contributed by atoms with Gasteiger partial charge < -0.3 is 0 Å². The van der Waals surface area contributed by atoms with Crippen LogP contribution in [0.15, 0.2) is 0 Å². The van der Waals surface area contributed by atoms with Crippen LogP contribution in [0.25, 0.3) is 0 Å². The SMILES string of the molecule is C[Si](C)(C)c1c([Si](C)(C)C)c([Si](C)(C)C)c([Si](C)(C)C)c([Si](C)(C)C)c1[Si](C)(C)C. The lowest BCUT2D eigenvalue weighted by atomic mass is 10.3. The summed E-state index contributed by atoms with van der Waals surface area (Å²) >= 11 is 0. The summed E-state index contributed by atoms with van der Waals surface area (Å²) in [5.41, 5.74) is 0. The maximum Gasteiger partial charge on any atom is 0.0772 e. The highest BCUT2D eigenvalue weighted by Gasteiger charge is 2.46. The van der Waals surface area contributed by atoms with Crippen molar-refractivity contribution in [3.63, 3.8) is 0 Å². The molecule has 6 heteroatoms.